The van der Waals surface area contributed by atoms with Crippen LogP contribution in [0.3, 0.4) is 0 Å². The zero-order valence-electron chi connectivity index (χ0n) is 11.1. The number of amides is 1. The molecule has 21 heavy (non-hydrogen) atoms. The quantitative estimate of drug-likeness (QED) is 0.922. The number of rotatable bonds is 5. The summed E-state index contributed by atoms with van der Waals surface area (Å²) in [6.45, 7) is 0.0815. The summed E-state index contributed by atoms with van der Waals surface area (Å²) in [7, 11) is 0. The lowest BCUT2D eigenvalue weighted by atomic mass is 10.2. The molecule has 2 aromatic rings. The van der Waals surface area contributed by atoms with Gasteiger partial charge in [0.05, 0.1) is 6.42 Å². The summed E-state index contributed by atoms with van der Waals surface area (Å²) in [4.78, 5) is 28.6. The van der Waals surface area contributed by atoms with Crippen LogP contribution in [0.2, 0.25) is 5.02 Å². The van der Waals surface area contributed by atoms with Gasteiger partial charge < -0.3 is 10.0 Å². The average molecular weight is 305 g/mol. The molecule has 0 atom stereocenters. The normalized spacial score (nSPS) is 10.1. The van der Waals surface area contributed by atoms with Crippen molar-refractivity contribution in [3.8, 4) is 0 Å². The number of hydrogen-bond donors (Lipinski definition) is 1. The Labute approximate surface area is 126 Å². The Bertz CT molecular complexity index is 629. The summed E-state index contributed by atoms with van der Waals surface area (Å²) in [5.74, 6) is -1.24. The van der Waals surface area contributed by atoms with E-state index in [2.05, 4.69) is 4.98 Å². The summed E-state index contributed by atoms with van der Waals surface area (Å²) in [6, 6.07) is 9.86. The molecule has 0 saturated carbocycles. The first kappa shape index (κ1) is 15.0. The second kappa shape index (κ2) is 6.85. The molecule has 0 saturated heterocycles. The van der Waals surface area contributed by atoms with Crippen molar-refractivity contribution in [1.82, 2.24) is 4.98 Å². The lowest BCUT2D eigenvalue weighted by Crippen LogP contribution is -2.33. The SMILES string of the molecule is O=C(O)CCN(C(=O)c1ccncc1)c1ccc(Cl)cc1. The van der Waals surface area contributed by atoms with Gasteiger partial charge in [-0.15, -0.1) is 0 Å². The Morgan fingerprint density at radius 2 is 1.71 bits per heavy atom. The van der Waals surface area contributed by atoms with E-state index in [4.69, 9.17) is 16.7 Å². The van der Waals surface area contributed by atoms with E-state index in [0.29, 0.717) is 16.3 Å². The van der Waals surface area contributed by atoms with Gasteiger partial charge in [0.1, 0.15) is 0 Å². The predicted molar refractivity (Wildman–Crippen MR) is 79.6 cm³/mol. The van der Waals surface area contributed by atoms with Gasteiger partial charge in [0, 0.05) is 35.2 Å². The number of aliphatic carboxylic acids is 1. The van der Waals surface area contributed by atoms with Gasteiger partial charge in [0.15, 0.2) is 0 Å². The minimum absolute atomic E-state index is 0.0815. The molecule has 5 nitrogen and oxygen atoms in total. The molecular formula is C15H13ClN2O3. The van der Waals surface area contributed by atoms with Crippen molar-refractivity contribution in [3.05, 3.63) is 59.4 Å². The van der Waals surface area contributed by atoms with E-state index in [-0.39, 0.29) is 18.9 Å². The topological polar surface area (TPSA) is 70.5 Å². The molecule has 108 valence electrons. The van der Waals surface area contributed by atoms with Gasteiger partial charge in [-0.3, -0.25) is 14.6 Å². The van der Waals surface area contributed by atoms with Crippen molar-refractivity contribution in [3.63, 3.8) is 0 Å². The minimum Gasteiger partial charge on any atom is -0.481 e. The summed E-state index contributed by atoms with van der Waals surface area (Å²) >= 11 is 5.83. The van der Waals surface area contributed by atoms with E-state index in [1.54, 1.807) is 36.4 Å². The van der Waals surface area contributed by atoms with E-state index < -0.39 is 5.97 Å². The molecule has 6 heteroatoms. The maximum Gasteiger partial charge on any atom is 0.305 e. The molecule has 1 aromatic heterocycles. The summed E-state index contributed by atoms with van der Waals surface area (Å²) in [5, 5.41) is 9.39. The molecule has 0 unspecified atom stereocenters. The zero-order chi connectivity index (χ0) is 15.2. The Balaban J connectivity index is 2.29. The number of halogens is 1. The molecule has 1 N–H and O–H groups in total. The van der Waals surface area contributed by atoms with Crippen LogP contribution in [0.15, 0.2) is 48.8 Å². The largest absolute Gasteiger partial charge is 0.481 e. The highest BCUT2D eigenvalue weighted by molar-refractivity contribution is 6.30. The number of pyridine rings is 1. The third-order valence-corrected chi connectivity index (χ3v) is 3.11. The molecule has 2 rings (SSSR count). The van der Waals surface area contributed by atoms with Gasteiger partial charge in [0.25, 0.3) is 5.91 Å². The molecular weight excluding hydrogens is 292 g/mol. The van der Waals surface area contributed by atoms with Gasteiger partial charge in [-0.1, -0.05) is 11.6 Å². The third-order valence-electron chi connectivity index (χ3n) is 2.86. The van der Waals surface area contributed by atoms with Crippen LogP contribution in [0.5, 0.6) is 0 Å². The van der Waals surface area contributed by atoms with Gasteiger partial charge in [-0.25, -0.2) is 0 Å². The molecule has 0 aliphatic rings. The number of benzene rings is 1. The number of carboxylic acid groups (broad SMARTS) is 1. The summed E-state index contributed by atoms with van der Waals surface area (Å²) in [5.41, 5.74) is 1.05. The van der Waals surface area contributed by atoms with Crippen LogP contribution in [0.25, 0.3) is 0 Å². The number of hydrogen-bond acceptors (Lipinski definition) is 3. The lowest BCUT2D eigenvalue weighted by molar-refractivity contribution is -0.136. The maximum atomic E-state index is 12.5. The Morgan fingerprint density at radius 3 is 2.29 bits per heavy atom. The maximum absolute atomic E-state index is 12.5. The third kappa shape index (κ3) is 4.03. The fourth-order valence-electron chi connectivity index (χ4n) is 1.83. The van der Waals surface area contributed by atoms with Crippen molar-refractivity contribution >= 4 is 29.2 Å². The Kier molecular flexibility index (Phi) is 4.90. The van der Waals surface area contributed by atoms with Crippen molar-refractivity contribution < 1.29 is 14.7 Å². The lowest BCUT2D eigenvalue weighted by Gasteiger charge is -2.22. The van der Waals surface area contributed by atoms with Crippen molar-refractivity contribution in [2.24, 2.45) is 0 Å². The highest BCUT2D eigenvalue weighted by Gasteiger charge is 2.18. The van der Waals surface area contributed by atoms with Gasteiger partial charge in [-0.05, 0) is 36.4 Å². The van der Waals surface area contributed by atoms with Crippen LogP contribution in [0.1, 0.15) is 16.8 Å². The van der Waals surface area contributed by atoms with Gasteiger partial charge in [0.2, 0.25) is 0 Å². The number of aromatic nitrogens is 1. The van der Waals surface area contributed by atoms with Gasteiger partial charge >= 0.3 is 5.97 Å². The zero-order valence-corrected chi connectivity index (χ0v) is 11.8. The van der Waals surface area contributed by atoms with Crippen LogP contribution in [0, 0.1) is 0 Å². The summed E-state index contributed by atoms with van der Waals surface area (Å²) < 4.78 is 0. The molecule has 1 amide bonds. The Morgan fingerprint density at radius 1 is 1.10 bits per heavy atom. The molecule has 1 aromatic carbocycles. The predicted octanol–water partition coefficient (Wildman–Crippen LogP) is 2.86. The number of carbonyl (C=O) groups excluding carboxylic acids is 1. The van der Waals surface area contributed by atoms with Crippen LogP contribution < -0.4 is 4.90 Å². The molecule has 0 aliphatic heterocycles. The average Bonchev–Trinajstić information content (AvgIpc) is 2.49. The van der Waals surface area contributed by atoms with E-state index in [0.717, 1.165) is 0 Å². The molecule has 0 aliphatic carbocycles. The van der Waals surface area contributed by atoms with Gasteiger partial charge in [-0.2, -0.15) is 0 Å². The van der Waals surface area contributed by atoms with E-state index >= 15 is 0 Å². The first-order valence-corrected chi connectivity index (χ1v) is 6.65. The molecule has 0 fully saturated rings. The van der Waals surface area contributed by atoms with Crippen molar-refractivity contribution in [2.75, 3.05) is 11.4 Å². The van der Waals surface area contributed by atoms with Crippen LogP contribution >= 0.6 is 11.6 Å². The van der Waals surface area contributed by atoms with E-state index in [1.165, 1.54) is 17.3 Å². The van der Waals surface area contributed by atoms with E-state index in [1.807, 2.05) is 0 Å². The monoisotopic (exact) mass is 304 g/mol. The van der Waals surface area contributed by atoms with Crippen molar-refractivity contribution in [1.29, 1.82) is 0 Å². The second-order valence-corrected chi connectivity index (χ2v) is 4.75. The number of anilines is 1. The second-order valence-electron chi connectivity index (χ2n) is 4.31. The molecule has 0 bridgehead atoms. The Hall–Kier alpha value is -2.40. The number of carboxylic acids is 1. The fraction of sp³-hybridized carbons (Fsp3) is 0.133. The highest BCUT2D eigenvalue weighted by Crippen LogP contribution is 2.20. The van der Waals surface area contributed by atoms with Crippen LogP contribution in [-0.2, 0) is 4.79 Å². The standard InChI is InChI=1S/C15H13ClN2O3/c16-12-1-3-13(4-2-12)18(10-7-14(19)20)15(21)11-5-8-17-9-6-11/h1-6,8-9H,7,10H2,(H,19,20). The smallest absolute Gasteiger partial charge is 0.305 e. The van der Waals surface area contributed by atoms with Crippen LogP contribution in [0.4, 0.5) is 5.69 Å². The molecule has 0 radical (unpaired) electrons. The first-order chi connectivity index (χ1) is 10.1. The number of nitrogens with zero attached hydrogens (tertiary/aromatic N) is 2. The molecule has 1 heterocycles. The molecule has 0 spiro atoms. The number of carbonyl (C=O) groups is 2. The highest BCUT2D eigenvalue weighted by atomic mass is 35.5. The van der Waals surface area contributed by atoms with E-state index in [9.17, 15) is 9.59 Å². The van der Waals surface area contributed by atoms with Crippen LogP contribution in [-0.4, -0.2) is 28.5 Å². The summed E-state index contributed by atoms with van der Waals surface area (Å²) in [6.07, 6.45) is 2.90. The van der Waals surface area contributed by atoms with Crippen molar-refractivity contribution in [2.45, 2.75) is 6.42 Å². The minimum atomic E-state index is -0.962. The first-order valence-electron chi connectivity index (χ1n) is 6.27. The fourth-order valence-corrected chi connectivity index (χ4v) is 1.95.